The molecule has 1 rings (SSSR count). The molecule has 0 saturated carbocycles. The van der Waals surface area contributed by atoms with Crippen molar-refractivity contribution in [3.8, 4) is 0 Å². The minimum absolute atomic E-state index is 0.174. The van der Waals surface area contributed by atoms with E-state index in [1.165, 1.54) is 26.4 Å². The van der Waals surface area contributed by atoms with Crippen LogP contribution in [-0.4, -0.2) is 42.4 Å². The lowest BCUT2D eigenvalue weighted by Crippen LogP contribution is -2.35. The molecule has 0 aromatic heterocycles. The summed E-state index contributed by atoms with van der Waals surface area (Å²) >= 11 is 3.40. The van der Waals surface area contributed by atoms with Crippen LogP contribution in [0.4, 0.5) is 0 Å². The van der Waals surface area contributed by atoms with Crippen molar-refractivity contribution < 1.29 is 9.53 Å². The lowest BCUT2D eigenvalue weighted by atomic mass is 9.77. The average molecular weight is 320 g/mol. The van der Waals surface area contributed by atoms with Gasteiger partial charge in [-0.05, 0) is 43.7 Å². The van der Waals surface area contributed by atoms with Gasteiger partial charge in [0.05, 0.1) is 7.11 Å². The van der Waals surface area contributed by atoms with Crippen LogP contribution < -0.4 is 0 Å². The molecule has 106 valence electrons. The van der Waals surface area contributed by atoms with Crippen LogP contribution in [0.25, 0.3) is 0 Å². The molecule has 1 aliphatic heterocycles. The van der Waals surface area contributed by atoms with E-state index in [-0.39, 0.29) is 10.8 Å². The van der Waals surface area contributed by atoms with Crippen molar-refractivity contribution in [3.05, 3.63) is 0 Å². The number of carbonyl (C=O) groups excluding carboxylic acids is 1. The average Bonchev–Trinajstić information content (AvgIpc) is 2.52. The van der Waals surface area contributed by atoms with Crippen molar-refractivity contribution in [2.45, 2.75) is 44.9 Å². The molecule has 0 aromatic carbocycles. The number of hydrogen-bond acceptors (Lipinski definition) is 3. The third-order valence-electron chi connectivity index (χ3n) is 3.92. The zero-order valence-corrected chi connectivity index (χ0v) is 13.6. The summed E-state index contributed by atoms with van der Waals surface area (Å²) in [6.45, 7) is 9.91. The second kappa shape index (κ2) is 6.90. The molecule has 0 aliphatic carbocycles. The molecular formula is C14H26BrNO2. The number of ether oxygens (including phenoxy) is 1. The van der Waals surface area contributed by atoms with E-state index in [1.54, 1.807) is 0 Å². The van der Waals surface area contributed by atoms with Gasteiger partial charge in [0.25, 0.3) is 0 Å². The first-order valence-corrected chi connectivity index (χ1v) is 7.70. The van der Waals surface area contributed by atoms with Crippen molar-refractivity contribution in [2.24, 2.45) is 11.3 Å². The highest BCUT2D eigenvalue weighted by Gasteiger charge is 2.28. The summed E-state index contributed by atoms with van der Waals surface area (Å²) in [4.78, 5) is 13.6. The first kappa shape index (κ1) is 16.0. The van der Waals surface area contributed by atoms with E-state index in [1.807, 2.05) is 0 Å². The Balaban J connectivity index is 2.45. The number of esters is 1. The largest absolute Gasteiger partial charge is 0.468 e. The quantitative estimate of drug-likeness (QED) is 0.591. The van der Waals surface area contributed by atoms with Gasteiger partial charge in [-0.25, -0.2) is 0 Å². The first-order chi connectivity index (χ1) is 8.34. The molecule has 0 bridgehead atoms. The number of alkyl halides is 1. The lowest BCUT2D eigenvalue weighted by molar-refractivity contribution is -0.140. The molecule has 1 saturated heterocycles. The first-order valence-electron chi connectivity index (χ1n) is 6.79. The predicted octanol–water partition coefficient (Wildman–Crippen LogP) is 3.07. The molecule has 1 heterocycles. The van der Waals surface area contributed by atoms with Gasteiger partial charge in [-0.3, -0.25) is 4.79 Å². The Morgan fingerprint density at radius 1 is 1.39 bits per heavy atom. The van der Waals surface area contributed by atoms with E-state index < -0.39 is 0 Å². The van der Waals surface area contributed by atoms with Gasteiger partial charge in [-0.15, -0.1) is 0 Å². The van der Waals surface area contributed by atoms with Crippen LogP contribution in [0.1, 0.15) is 40.0 Å². The fourth-order valence-corrected chi connectivity index (χ4v) is 3.23. The minimum atomic E-state index is -0.200. The van der Waals surface area contributed by atoms with E-state index in [2.05, 4.69) is 41.6 Å². The highest BCUT2D eigenvalue weighted by Crippen LogP contribution is 2.34. The summed E-state index contributed by atoms with van der Waals surface area (Å²) < 4.78 is 4.75. The Hall–Kier alpha value is -0.0900. The number of carbonyl (C=O) groups is 1. The third kappa shape index (κ3) is 4.88. The van der Waals surface area contributed by atoms with Gasteiger partial charge in [0, 0.05) is 6.54 Å². The molecule has 0 aromatic rings. The number of halogens is 1. The molecule has 0 spiro atoms. The number of rotatable bonds is 3. The highest BCUT2D eigenvalue weighted by atomic mass is 79.9. The van der Waals surface area contributed by atoms with Crippen LogP contribution >= 0.6 is 15.9 Å². The van der Waals surface area contributed by atoms with Crippen LogP contribution in [-0.2, 0) is 9.53 Å². The Bertz CT molecular complexity index is 275. The van der Waals surface area contributed by atoms with E-state index in [4.69, 9.17) is 4.74 Å². The standard InChI is InChI=1S/C14H26BrNO2/c1-14(2,3)11-6-5-8-16(9-7-11)10-12(15)13(17)18-4/h11-12H,5-10H2,1-4H3. The second-order valence-electron chi connectivity index (χ2n) is 6.29. The molecule has 2 unspecified atom stereocenters. The predicted molar refractivity (Wildman–Crippen MR) is 78.0 cm³/mol. The number of methoxy groups -OCH3 is 1. The van der Waals surface area contributed by atoms with Gasteiger partial charge >= 0.3 is 5.97 Å². The van der Waals surface area contributed by atoms with Crippen LogP contribution in [0.3, 0.4) is 0 Å². The van der Waals surface area contributed by atoms with Gasteiger partial charge < -0.3 is 9.64 Å². The van der Waals surface area contributed by atoms with Crippen molar-refractivity contribution >= 4 is 21.9 Å². The van der Waals surface area contributed by atoms with Crippen molar-refractivity contribution in [2.75, 3.05) is 26.7 Å². The maximum absolute atomic E-state index is 11.4. The molecule has 0 radical (unpaired) electrons. The zero-order chi connectivity index (χ0) is 13.8. The number of hydrogen-bond donors (Lipinski definition) is 0. The Morgan fingerprint density at radius 3 is 2.61 bits per heavy atom. The normalized spacial score (nSPS) is 24.4. The molecule has 4 heteroatoms. The van der Waals surface area contributed by atoms with Crippen molar-refractivity contribution in [1.29, 1.82) is 0 Å². The van der Waals surface area contributed by atoms with Gasteiger partial charge in [-0.2, -0.15) is 0 Å². The van der Waals surface area contributed by atoms with Crippen LogP contribution in [0.5, 0.6) is 0 Å². The Kier molecular flexibility index (Phi) is 6.12. The monoisotopic (exact) mass is 319 g/mol. The van der Waals surface area contributed by atoms with E-state index in [0.717, 1.165) is 25.6 Å². The fourth-order valence-electron chi connectivity index (χ4n) is 2.63. The Morgan fingerprint density at radius 2 is 2.06 bits per heavy atom. The van der Waals surface area contributed by atoms with Crippen molar-refractivity contribution in [3.63, 3.8) is 0 Å². The summed E-state index contributed by atoms with van der Waals surface area (Å²) in [7, 11) is 1.44. The van der Waals surface area contributed by atoms with Gasteiger partial charge in [-0.1, -0.05) is 36.7 Å². The van der Waals surface area contributed by atoms with E-state index >= 15 is 0 Å². The summed E-state index contributed by atoms with van der Waals surface area (Å²) in [6.07, 6.45) is 3.75. The third-order valence-corrected chi connectivity index (χ3v) is 4.58. The number of nitrogens with zero attached hydrogens (tertiary/aromatic N) is 1. The van der Waals surface area contributed by atoms with Gasteiger partial charge in [0.2, 0.25) is 0 Å². The molecule has 1 fully saturated rings. The molecule has 0 N–H and O–H groups in total. The van der Waals surface area contributed by atoms with E-state index in [0.29, 0.717) is 5.41 Å². The second-order valence-corrected chi connectivity index (χ2v) is 7.39. The zero-order valence-electron chi connectivity index (χ0n) is 12.0. The summed E-state index contributed by atoms with van der Waals surface area (Å²) in [5, 5.41) is 0. The van der Waals surface area contributed by atoms with E-state index in [9.17, 15) is 4.79 Å². The Labute approximate surface area is 119 Å². The fraction of sp³-hybridized carbons (Fsp3) is 0.929. The number of likely N-dealkylation sites (tertiary alicyclic amines) is 1. The maximum atomic E-state index is 11.4. The van der Waals surface area contributed by atoms with Crippen LogP contribution in [0.15, 0.2) is 0 Å². The summed E-state index contributed by atoms with van der Waals surface area (Å²) in [5.74, 6) is 0.612. The maximum Gasteiger partial charge on any atom is 0.320 e. The van der Waals surface area contributed by atoms with Gasteiger partial charge in [0.15, 0.2) is 0 Å². The minimum Gasteiger partial charge on any atom is -0.468 e. The van der Waals surface area contributed by atoms with Crippen LogP contribution in [0, 0.1) is 11.3 Å². The van der Waals surface area contributed by atoms with Crippen LogP contribution in [0.2, 0.25) is 0 Å². The summed E-state index contributed by atoms with van der Waals surface area (Å²) in [6, 6.07) is 0. The smallest absolute Gasteiger partial charge is 0.320 e. The lowest BCUT2D eigenvalue weighted by Gasteiger charge is -2.30. The molecule has 0 amide bonds. The SMILES string of the molecule is COC(=O)C(Br)CN1CCCC(C(C)(C)C)CC1. The molecular weight excluding hydrogens is 294 g/mol. The van der Waals surface area contributed by atoms with Crippen molar-refractivity contribution in [1.82, 2.24) is 4.90 Å². The van der Waals surface area contributed by atoms with Gasteiger partial charge in [0.1, 0.15) is 4.83 Å². The highest BCUT2D eigenvalue weighted by molar-refractivity contribution is 9.10. The topological polar surface area (TPSA) is 29.5 Å². The molecule has 18 heavy (non-hydrogen) atoms. The molecule has 3 nitrogen and oxygen atoms in total. The molecule has 1 aliphatic rings. The summed E-state index contributed by atoms with van der Waals surface area (Å²) in [5.41, 5.74) is 0.395. The molecule has 2 atom stereocenters.